The Kier molecular flexibility index (Phi) is 3.16. The van der Waals surface area contributed by atoms with E-state index in [-0.39, 0.29) is 28.1 Å². The summed E-state index contributed by atoms with van der Waals surface area (Å²) in [6, 6.07) is 9.99. The van der Waals surface area contributed by atoms with Gasteiger partial charge in [-0.3, -0.25) is 4.79 Å². The topological polar surface area (TPSA) is 20.3 Å². The van der Waals surface area contributed by atoms with E-state index in [9.17, 15) is 4.79 Å². The van der Waals surface area contributed by atoms with Crippen molar-refractivity contribution in [1.82, 2.24) is 0 Å². The SMILES string of the molecule is C=C1CCC23CC[C@@H](C(=O)N(C)c4ccccc4)[C@]2(C)C=C[C@@]13C. The predicted molar refractivity (Wildman–Crippen MR) is 98.7 cm³/mol. The Labute approximate surface area is 145 Å². The molecule has 1 aromatic rings. The summed E-state index contributed by atoms with van der Waals surface area (Å²) in [5, 5.41) is 0. The summed E-state index contributed by atoms with van der Waals surface area (Å²) in [5.74, 6) is 0.318. The fraction of sp³-hybridized carbons (Fsp3) is 0.500. The van der Waals surface area contributed by atoms with Gasteiger partial charge in [0.15, 0.2) is 0 Å². The molecule has 0 saturated heterocycles. The van der Waals surface area contributed by atoms with Crippen LogP contribution < -0.4 is 4.90 Å². The van der Waals surface area contributed by atoms with E-state index >= 15 is 0 Å². The quantitative estimate of drug-likeness (QED) is 0.704. The van der Waals surface area contributed by atoms with E-state index in [2.05, 4.69) is 32.6 Å². The molecule has 24 heavy (non-hydrogen) atoms. The summed E-state index contributed by atoms with van der Waals surface area (Å²) in [7, 11) is 1.91. The van der Waals surface area contributed by atoms with Gasteiger partial charge in [-0.2, -0.15) is 0 Å². The minimum atomic E-state index is -0.0543. The fourth-order valence-electron chi connectivity index (χ4n) is 6.01. The van der Waals surface area contributed by atoms with Crippen molar-refractivity contribution in [2.24, 2.45) is 22.2 Å². The maximum absolute atomic E-state index is 13.3. The van der Waals surface area contributed by atoms with Crippen LogP contribution in [0, 0.1) is 22.2 Å². The highest BCUT2D eigenvalue weighted by molar-refractivity contribution is 5.95. The van der Waals surface area contributed by atoms with Crippen LogP contribution >= 0.6 is 0 Å². The zero-order chi connectivity index (χ0) is 17.2. The second kappa shape index (κ2) is 4.84. The number of rotatable bonds is 2. The molecule has 1 spiro atoms. The van der Waals surface area contributed by atoms with Crippen LogP contribution in [-0.2, 0) is 4.79 Å². The molecule has 3 aliphatic rings. The van der Waals surface area contributed by atoms with E-state index in [0.29, 0.717) is 0 Å². The molecule has 1 unspecified atom stereocenters. The van der Waals surface area contributed by atoms with Crippen molar-refractivity contribution in [2.75, 3.05) is 11.9 Å². The van der Waals surface area contributed by atoms with Crippen molar-refractivity contribution >= 4 is 11.6 Å². The summed E-state index contributed by atoms with van der Waals surface area (Å²) in [6.07, 6.45) is 9.11. The van der Waals surface area contributed by atoms with Crippen LogP contribution in [-0.4, -0.2) is 13.0 Å². The van der Waals surface area contributed by atoms with Gasteiger partial charge in [-0.1, -0.05) is 56.4 Å². The first-order chi connectivity index (χ1) is 11.4. The monoisotopic (exact) mass is 321 g/mol. The van der Waals surface area contributed by atoms with Crippen LogP contribution in [0.5, 0.6) is 0 Å². The highest BCUT2D eigenvalue weighted by atomic mass is 16.2. The molecular formula is C22H27NO. The van der Waals surface area contributed by atoms with Crippen molar-refractivity contribution in [3.8, 4) is 0 Å². The molecule has 2 heteroatoms. The van der Waals surface area contributed by atoms with Gasteiger partial charge in [0.25, 0.3) is 0 Å². The summed E-state index contributed by atoms with van der Waals surface area (Å²) in [5.41, 5.74) is 2.54. The first-order valence-electron chi connectivity index (χ1n) is 9.07. The molecule has 2 fully saturated rings. The Morgan fingerprint density at radius 2 is 1.88 bits per heavy atom. The predicted octanol–water partition coefficient (Wildman–Crippen LogP) is 4.98. The number of carbonyl (C=O) groups excluding carboxylic acids is 1. The minimum absolute atomic E-state index is 0.0543. The molecule has 2 nitrogen and oxygen atoms in total. The van der Waals surface area contributed by atoms with E-state index in [0.717, 1.165) is 24.9 Å². The first-order valence-corrected chi connectivity index (χ1v) is 9.07. The number of hydrogen-bond donors (Lipinski definition) is 0. The van der Waals surface area contributed by atoms with Crippen molar-refractivity contribution < 1.29 is 4.79 Å². The van der Waals surface area contributed by atoms with Gasteiger partial charge in [0, 0.05) is 29.5 Å². The second-order valence-corrected chi connectivity index (χ2v) is 8.33. The molecule has 0 aromatic heterocycles. The van der Waals surface area contributed by atoms with Crippen molar-refractivity contribution in [3.05, 3.63) is 54.6 Å². The van der Waals surface area contributed by atoms with E-state index < -0.39 is 0 Å². The molecule has 126 valence electrons. The zero-order valence-corrected chi connectivity index (χ0v) is 15.0. The van der Waals surface area contributed by atoms with Gasteiger partial charge in [0.2, 0.25) is 5.91 Å². The number of amides is 1. The maximum Gasteiger partial charge on any atom is 0.230 e. The average molecular weight is 321 g/mol. The van der Waals surface area contributed by atoms with Gasteiger partial charge in [0.1, 0.15) is 0 Å². The van der Waals surface area contributed by atoms with Gasteiger partial charge < -0.3 is 4.90 Å². The van der Waals surface area contributed by atoms with Gasteiger partial charge >= 0.3 is 0 Å². The lowest BCUT2D eigenvalue weighted by molar-refractivity contribution is -0.125. The molecular weight excluding hydrogens is 294 g/mol. The van der Waals surface area contributed by atoms with Crippen LogP contribution in [0.25, 0.3) is 0 Å². The largest absolute Gasteiger partial charge is 0.315 e. The molecule has 1 aromatic carbocycles. The number of carbonyl (C=O) groups is 1. The number of hydrogen-bond acceptors (Lipinski definition) is 1. The normalized spacial score (nSPS) is 39.8. The highest BCUT2D eigenvalue weighted by Gasteiger charge is 2.70. The third-order valence-corrected chi connectivity index (χ3v) is 7.73. The first kappa shape index (κ1) is 15.7. The summed E-state index contributed by atoms with van der Waals surface area (Å²) < 4.78 is 0. The Morgan fingerprint density at radius 1 is 1.17 bits per heavy atom. The fourth-order valence-corrected chi connectivity index (χ4v) is 6.01. The summed E-state index contributed by atoms with van der Waals surface area (Å²) in [4.78, 5) is 15.2. The van der Waals surface area contributed by atoms with Crippen molar-refractivity contribution in [2.45, 2.75) is 39.5 Å². The molecule has 2 saturated carbocycles. The smallest absolute Gasteiger partial charge is 0.230 e. The van der Waals surface area contributed by atoms with Gasteiger partial charge in [-0.25, -0.2) is 0 Å². The van der Waals surface area contributed by atoms with Crippen LogP contribution in [0.2, 0.25) is 0 Å². The third kappa shape index (κ3) is 1.64. The number of allylic oxidation sites excluding steroid dienone is 3. The van der Waals surface area contributed by atoms with E-state index in [1.54, 1.807) is 0 Å². The van der Waals surface area contributed by atoms with Crippen LogP contribution in [0.1, 0.15) is 39.5 Å². The Bertz CT molecular complexity index is 736. The Hall–Kier alpha value is -1.83. The molecule has 0 N–H and O–H groups in total. The molecule has 1 amide bonds. The van der Waals surface area contributed by atoms with Gasteiger partial charge in [-0.05, 0) is 43.2 Å². The molecule has 0 bridgehead atoms. The lowest BCUT2D eigenvalue weighted by Crippen LogP contribution is -2.45. The number of benzene rings is 1. The zero-order valence-electron chi connectivity index (χ0n) is 15.0. The minimum Gasteiger partial charge on any atom is -0.315 e. The molecule has 3 aliphatic carbocycles. The molecule has 4 atom stereocenters. The van der Waals surface area contributed by atoms with E-state index in [1.807, 2.05) is 42.3 Å². The Balaban J connectivity index is 1.69. The molecule has 0 aliphatic heterocycles. The second-order valence-electron chi connectivity index (χ2n) is 8.33. The van der Waals surface area contributed by atoms with Crippen LogP contribution in [0.4, 0.5) is 5.69 Å². The van der Waals surface area contributed by atoms with Gasteiger partial charge in [0.05, 0.1) is 0 Å². The highest BCUT2D eigenvalue weighted by Crippen LogP contribution is 2.76. The summed E-state index contributed by atoms with van der Waals surface area (Å²) in [6.45, 7) is 9.03. The van der Waals surface area contributed by atoms with Gasteiger partial charge in [-0.15, -0.1) is 0 Å². The summed E-state index contributed by atoms with van der Waals surface area (Å²) >= 11 is 0. The van der Waals surface area contributed by atoms with Crippen LogP contribution in [0.15, 0.2) is 54.6 Å². The van der Waals surface area contributed by atoms with E-state index in [1.165, 1.54) is 12.0 Å². The van der Waals surface area contributed by atoms with Crippen molar-refractivity contribution in [1.29, 1.82) is 0 Å². The Morgan fingerprint density at radius 3 is 2.58 bits per heavy atom. The lowest BCUT2D eigenvalue weighted by atomic mass is 9.57. The van der Waals surface area contributed by atoms with Crippen LogP contribution in [0.3, 0.4) is 0 Å². The lowest BCUT2D eigenvalue weighted by Gasteiger charge is -2.46. The molecule has 4 rings (SSSR count). The maximum atomic E-state index is 13.3. The number of para-hydroxylation sites is 1. The molecule has 0 heterocycles. The number of anilines is 1. The number of nitrogens with zero attached hydrogens (tertiary/aromatic N) is 1. The standard InChI is InChI=1S/C22H27NO/c1-16-10-12-22-13-11-18(21(22,3)15-14-20(16,22)2)19(24)23(4)17-8-6-5-7-9-17/h5-9,14-15,18H,1,10-13H2,2-4H3/t18-,20-,21-,22?/m0/s1. The third-order valence-electron chi connectivity index (χ3n) is 7.73. The van der Waals surface area contributed by atoms with Crippen molar-refractivity contribution in [3.63, 3.8) is 0 Å². The van der Waals surface area contributed by atoms with E-state index in [4.69, 9.17) is 0 Å². The average Bonchev–Trinajstić information content (AvgIpc) is 3.12. The molecule has 0 radical (unpaired) electrons.